The third-order valence-electron chi connectivity index (χ3n) is 3.71. The van der Waals surface area contributed by atoms with Crippen LogP contribution in [0.5, 0.6) is 0 Å². The first-order chi connectivity index (χ1) is 11.1. The molecule has 6 nitrogen and oxygen atoms in total. The normalized spacial score (nSPS) is 21.0. The van der Waals surface area contributed by atoms with Crippen molar-refractivity contribution in [2.45, 2.75) is 50.4 Å². The summed E-state index contributed by atoms with van der Waals surface area (Å²) < 4.78 is 16.0. The molecule has 134 valence electrons. The van der Waals surface area contributed by atoms with E-state index < -0.39 is 0 Å². The summed E-state index contributed by atoms with van der Waals surface area (Å²) in [5, 5.41) is 3.41. The Hall–Kier alpha value is -0.790. The summed E-state index contributed by atoms with van der Waals surface area (Å²) in [6.45, 7) is 3.72. The minimum absolute atomic E-state index is 0.0500. The fourth-order valence-electron chi connectivity index (χ4n) is 2.34. The smallest absolute Gasteiger partial charge is 0.407 e. The number of thioether (sulfide) groups is 1. The highest BCUT2D eigenvalue weighted by atomic mass is 32.2. The summed E-state index contributed by atoms with van der Waals surface area (Å²) in [7, 11) is 0. The average molecular weight is 347 g/mol. The first-order valence-electron chi connectivity index (χ1n) is 8.24. The highest BCUT2D eigenvalue weighted by Gasteiger charge is 2.23. The van der Waals surface area contributed by atoms with Crippen LogP contribution in [0.3, 0.4) is 0 Å². The van der Waals surface area contributed by atoms with Gasteiger partial charge >= 0.3 is 6.09 Å². The topological polar surface area (TPSA) is 73.9 Å². The van der Waals surface area contributed by atoms with Gasteiger partial charge in [-0.2, -0.15) is 11.8 Å². The number of alkyl carbamates (subject to hydrolysis) is 1. The lowest BCUT2D eigenvalue weighted by Crippen LogP contribution is -2.33. The van der Waals surface area contributed by atoms with E-state index in [1.807, 2.05) is 11.8 Å². The summed E-state index contributed by atoms with van der Waals surface area (Å²) in [5.41, 5.74) is 0. The summed E-state index contributed by atoms with van der Waals surface area (Å²) in [6, 6.07) is 0. The third kappa shape index (κ3) is 10.6. The van der Waals surface area contributed by atoms with Gasteiger partial charge < -0.3 is 19.5 Å². The number of carbonyl (C=O) groups excluding carboxylic acids is 2. The molecule has 0 aromatic heterocycles. The number of Topliss-reactive ketones (excluding diaryl/α,β-unsaturated/α-hetero) is 1. The minimum Gasteiger partial charge on any atom is -0.446 e. The molecular formula is C16H29NO5S. The van der Waals surface area contributed by atoms with Crippen molar-refractivity contribution in [2.75, 3.05) is 39.2 Å². The molecule has 1 N–H and O–H groups in total. The number of hydrogen-bond acceptors (Lipinski definition) is 6. The lowest BCUT2D eigenvalue weighted by molar-refractivity contribution is -0.118. The quantitative estimate of drug-likeness (QED) is 0.579. The van der Waals surface area contributed by atoms with Crippen LogP contribution in [0.25, 0.3) is 0 Å². The van der Waals surface area contributed by atoms with E-state index in [2.05, 4.69) is 11.6 Å². The van der Waals surface area contributed by atoms with Gasteiger partial charge in [-0.1, -0.05) is 0 Å². The van der Waals surface area contributed by atoms with Crippen LogP contribution >= 0.6 is 11.8 Å². The van der Waals surface area contributed by atoms with Crippen LogP contribution in [0.4, 0.5) is 4.79 Å². The number of carbonyl (C=O) groups is 2. The minimum atomic E-state index is -0.362. The second-order valence-electron chi connectivity index (χ2n) is 5.64. The molecule has 7 heteroatoms. The van der Waals surface area contributed by atoms with Gasteiger partial charge in [0, 0.05) is 18.2 Å². The molecule has 1 rings (SSSR count). The van der Waals surface area contributed by atoms with Gasteiger partial charge in [0.1, 0.15) is 11.9 Å². The first-order valence-corrected chi connectivity index (χ1v) is 9.52. The largest absolute Gasteiger partial charge is 0.446 e. The second-order valence-corrected chi connectivity index (χ2v) is 6.78. The van der Waals surface area contributed by atoms with Gasteiger partial charge in [0.15, 0.2) is 0 Å². The Morgan fingerprint density at radius 3 is 2.30 bits per heavy atom. The Kier molecular flexibility index (Phi) is 11.1. The maximum atomic E-state index is 11.6. The number of ketones is 1. The molecule has 0 aromatic carbocycles. The zero-order chi connectivity index (χ0) is 16.9. The van der Waals surface area contributed by atoms with Crippen LogP contribution in [-0.2, 0) is 19.0 Å². The molecule has 0 aromatic rings. The monoisotopic (exact) mass is 347 g/mol. The number of ether oxygens (including phenoxy) is 3. The molecule has 0 radical (unpaired) electrons. The van der Waals surface area contributed by atoms with Crippen LogP contribution in [-0.4, -0.2) is 62.5 Å². The van der Waals surface area contributed by atoms with Crippen molar-refractivity contribution in [3.05, 3.63) is 0 Å². The molecule has 0 heterocycles. The van der Waals surface area contributed by atoms with Crippen molar-refractivity contribution >= 4 is 23.6 Å². The molecule has 1 fully saturated rings. The number of rotatable bonds is 11. The van der Waals surface area contributed by atoms with E-state index >= 15 is 0 Å². The van der Waals surface area contributed by atoms with Crippen molar-refractivity contribution in [1.82, 2.24) is 5.32 Å². The molecule has 0 aliphatic heterocycles. The molecule has 1 saturated carbocycles. The summed E-state index contributed by atoms with van der Waals surface area (Å²) >= 11 is 1.89. The van der Waals surface area contributed by atoms with Crippen LogP contribution in [0.1, 0.15) is 39.0 Å². The Morgan fingerprint density at radius 2 is 1.70 bits per heavy atom. The van der Waals surface area contributed by atoms with Crippen molar-refractivity contribution < 1.29 is 23.8 Å². The fourth-order valence-corrected chi connectivity index (χ4v) is 3.09. The van der Waals surface area contributed by atoms with Gasteiger partial charge in [-0.15, -0.1) is 0 Å². The standard InChI is InChI=1S/C16H29NO5S/c1-13(18)7-9-20-11-12-21-10-8-17-16(19)22-14-3-5-15(23-2)6-4-14/h14-15H,3-12H2,1-2H3,(H,17,19). The SMILES string of the molecule is CSC1CCC(OC(=O)NCCOCCOCCC(C)=O)CC1. The second kappa shape index (κ2) is 12.6. The predicted molar refractivity (Wildman–Crippen MR) is 91.0 cm³/mol. The number of amides is 1. The van der Waals surface area contributed by atoms with E-state index in [0.29, 0.717) is 44.6 Å². The maximum Gasteiger partial charge on any atom is 0.407 e. The average Bonchev–Trinajstić information content (AvgIpc) is 2.53. The molecule has 0 atom stereocenters. The van der Waals surface area contributed by atoms with Gasteiger partial charge in [0.2, 0.25) is 0 Å². The van der Waals surface area contributed by atoms with E-state index in [9.17, 15) is 9.59 Å². The first kappa shape index (κ1) is 20.3. The maximum absolute atomic E-state index is 11.6. The molecule has 0 unspecified atom stereocenters. The molecule has 23 heavy (non-hydrogen) atoms. The van der Waals surface area contributed by atoms with E-state index in [4.69, 9.17) is 14.2 Å². The lowest BCUT2D eigenvalue weighted by Gasteiger charge is -2.27. The highest BCUT2D eigenvalue weighted by molar-refractivity contribution is 7.99. The van der Waals surface area contributed by atoms with E-state index in [0.717, 1.165) is 25.7 Å². The Bertz CT molecular complexity index is 345. The van der Waals surface area contributed by atoms with E-state index in [1.165, 1.54) is 0 Å². The molecule has 0 bridgehead atoms. The summed E-state index contributed by atoms with van der Waals surface area (Å²) in [6.07, 6.45) is 6.39. The van der Waals surface area contributed by atoms with Crippen LogP contribution in [0, 0.1) is 0 Å². The van der Waals surface area contributed by atoms with Crippen molar-refractivity contribution in [3.8, 4) is 0 Å². The molecule has 1 aliphatic carbocycles. The van der Waals surface area contributed by atoms with E-state index in [-0.39, 0.29) is 18.0 Å². The van der Waals surface area contributed by atoms with Gasteiger partial charge in [0.25, 0.3) is 0 Å². The Labute approximate surface area is 143 Å². The Morgan fingerprint density at radius 1 is 1.04 bits per heavy atom. The molecular weight excluding hydrogens is 318 g/mol. The summed E-state index contributed by atoms with van der Waals surface area (Å²) in [4.78, 5) is 22.3. The van der Waals surface area contributed by atoms with Crippen molar-refractivity contribution in [2.24, 2.45) is 0 Å². The highest BCUT2D eigenvalue weighted by Crippen LogP contribution is 2.28. The molecule has 1 amide bonds. The third-order valence-corrected chi connectivity index (χ3v) is 4.85. The Balaban J connectivity index is 1.89. The number of nitrogens with one attached hydrogen (secondary N) is 1. The van der Waals surface area contributed by atoms with Crippen LogP contribution in [0.15, 0.2) is 0 Å². The molecule has 0 saturated heterocycles. The fraction of sp³-hybridized carbons (Fsp3) is 0.875. The lowest BCUT2D eigenvalue weighted by atomic mass is 9.97. The van der Waals surface area contributed by atoms with Gasteiger partial charge in [-0.05, 0) is 38.9 Å². The zero-order valence-corrected chi connectivity index (χ0v) is 15.0. The van der Waals surface area contributed by atoms with Crippen molar-refractivity contribution in [1.29, 1.82) is 0 Å². The van der Waals surface area contributed by atoms with E-state index in [1.54, 1.807) is 6.92 Å². The summed E-state index contributed by atoms with van der Waals surface area (Å²) in [5.74, 6) is 0.121. The van der Waals surface area contributed by atoms with Gasteiger partial charge in [-0.3, -0.25) is 4.79 Å². The number of hydrogen-bond donors (Lipinski definition) is 1. The zero-order valence-electron chi connectivity index (χ0n) is 14.2. The van der Waals surface area contributed by atoms with Crippen LogP contribution in [0.2, 0.25) is 0 Å². The van der Waals surface area contributed by atoms with Gasteiger partial charge in [0.05, 0.1) is 26.4 Å². The van der Waals surface area contributed by atoms with Gasteiger partial charge in [-0.25, -0.2) is 4.79 Å². The molecule has 1 aliphatic rings. The predicted octanol–water partition coefficient (Wildman–Crippen LogP) is 2.40. The van der Waals surface area contributed by atoms with Crippen LogP contribution < -0.4 is 5.32 Å². The molecule has 0 spiro atoms. The van der Waals surface area contributed by atoms with Crippen molar-refractivity contribution in [3.63, 3.8) is 0 Å².